The molecule has 1 saturated heterocycles. The minimum Gasteiger partial charge on any atom is -0.324 e. The lowest BCUT2D eigenvalue weighted by Crippen LogP contribution is -2.47. The van der Waals surface area contributed by atoms with Gasteiger partial charge in [-0.15, -0.1) is 0 Å². The molecule has 5 nitrogen and oxygen atoms in total. The number of likely N-dealkylation sites (tertiary alicyclic amines) is 1. The summed E-state index contributed by atoms with van der Waals surface area (Å²) in [6.07, 6.45) is 6.83. The van der Waals surface area contributed by atoms with Gasteiger partial charge >= 0.3 is 6.03 Å². The molecule has 2 aromatic rings. The van der Waals surface area contributed by atoms with Gasteiger partial charge in [0.25, 0.3) is 0 Å². The molecule has 31 heavy (non-hydrogen) atoms. The maximum atomic E-state index is 13.0. The first kappa shape index (κ1) is 22.2. The van der Waals surface area contributed by atoms with Crippen molar-refractivity contribution in [3.63, 3.8) is 0 Å². The Labute approximate surface area is 187 Å². The third-order valence-corrected chi connectivity index (χ3v) is 7.59. The summed E-state index contributed by atoms with van der Waals surface area (Å²) in [5.74, 6) is 0.612. The zero-order valence-electron chi connectivity index (χ0n) is 20.1. The molecule has 1 aromatic heterocycles. The number of carbonyl (C=O) groups is 1. The van der Waals surface area contributed by atoms with Crippen molar-refractivity contribution < 1.29 is 4.79 Å². The summed E-state index contributed by atoms with van der Waals surface area (Å²) in [4.78, 5) is 17.6. The predicted octanol–water partition coefficient (Wildman–Crippen LogP) is 5.29. The van der Waals surface area contributed by atoms with Gasteiger partial charge in [0, 0.05) is 36.1 Å². The van der Waals surface area contributed by atoms with E-state index in [4.69, 9.17) is 0 Å². The van der Waals surface area contributed by atoms with E-state index < -0.39 is 0 Å². The van der Waals surface area contributed by atoms with E-state index in [0.717, 1.165) is 32.4 Å². The van der Waals surface area contributed by atoms with Crippen LogP contribution < -0.4 is 5.43 Å². The van der Waals surface area contributed by atoms with Gasteiger partial charge in [-0.1, -0.05) is 26.8 Å². The SMILES string of the molecule is CCCN1CCC[C@@H]2c3cc(CC)cc4c3c(c(CC)n4NC(=O)N(CC)CC)C[C@H]21. The highest BCUT2D eigenvalue weighted by Crippen LogP contribution is 2.46. The van der Waals surface area contributed by atoms with Gasteiger partial charge < -0.3 is 4.90 Å². The molecule has 2 heterocycles. The number of aryl methyl sites for hydroxylation is 1. The summed E-state index contributed by atoms with van der Waals surface area (Å²) >= 11 is 0. The summed E-state index contributed by atoms with van der Waals surface area (Å²) in [6.45, 7) is 14.7. The number of amides is 2. The average Bonchev–Trinajstić information content (AvgIpc) is 3.08. The van der Waals surface area contributed by atoms with Crippen molar-refractivity contribution in [1.82, 2.24) is 14.5 Å². The third-order valence-electron chi connectivity index (χ3n) is 7.59. The van der Waals surface area contributed by atoms with Gasteiger partial charge in [-0.2, -0.15) is 0 Å². The molecule has 4 rings (SSSR count). The fourth-order valence-electron chi connectivity index (χ4n) is 6.07. The van der Waals surface area contributed by atoms with Crippen molar-refractivity contribution in [2.24, 2.45) is 0 Å². The van der Waals surface area contributed by atoms with Crippen molar-refractivity contribution >= 4 is 16.9 Å². The van der Waals surface area contributed by atoms with E-state index in [9.17, 15) is 4.79 Å². The number of nitrogens with zero attached hydrogens (tertiary/aromatic N) is 3. The Morgan fingerprint density at radius 1 is 1.13 bits per heavy atom. The first-order valence-electron chi connectivity index (χ1n) is 12.6. The summed E-state index contributed by atoms with van der Waals surface area (Å²) in [7, 11) is 0. The van der Waals surface area contributed by atoms with Crippen molar-refractivity contribution in [1.29, 1.82) is 0 Å². The largest absolute Gasteiger partial charge is 0.336 e. The highest BCUT2D eigenvalue weighted by molar-refractivity contribution is 5.94. The normalized spacial score (nSPS) is 20.7. The fraction of sp³-hybridized carbons (Fsp3) is 0.654. The lowest BCUT2D eigenvalue weighted by atomic mass is 9.74. The number of nitrogens with one attached hydrogen (secondary N) is 1. The van der Waals surface area contributed by atoms with Crippen LogP contribution in [0.5, 0.6) is 0 Å². The van der Waals surface area contributed by atoms with Crippen LogP contribution in [0.4, 0.5) is 4.79 Å². The second-order valence-electron chi connectivity index (χ2n) is 9.19. The molecule has 0 radical (unpaired) electrons. The lowest BCUT2D eigenvalue weighted by molar-refractivity contribution is 0.124. The second kappa shape index (κ2) is 9.23. The Kier molecular flexibility index (Phi) is 6.61. The number of benzene rings is 1. The van der Waals surface area contributed by atoms with E-state index in [0.29, 0.717) is 12.0 Å². The first-order valence-corrected chi connectivity index (χ1v) is 12.6. The molecule has 0 bridgehead atoms. The first-order chi connectivity index (χ1) is 15.1. The molecule has 1 aliphatic carbocycles. The topological polar surface area (TPSA) is 40.5 Å². The van der Waals surface area contributed by atoms with Crippen LogP contribution in [0.15, 0.2) is 12.1 Å². The molecule has 0 saturated carbocycles. The molecule has 2 aliphatic rings. The summed E-state index contributed by atoms with van der Waals surface area (Å²) in [6, 6.07) is 5.39. The number of piperidine rings is 1. The van der Waals surface area contributed by atoms with Gasteiger partial charge in [-0.05, 0) is 88.2 Å². The molecule has 1 N–H and O–H groups in total. The Bertz CT molecular complexity index is 941. The highest BCUT2D eigenvalue weighted by Gasteiger charge is 2.39. The monoisotopic (exact) mass is 424 g/mol. The second-order valence-corrected chi connectivity index (χ2v) is 9.19. The number of fused-ring (bicyclic) bond motifs is 2. The summed E-state index contributed by atoms with van der Waals surface area (Å²) < 4.78 is 2.13. The minimum absolute atomic E-state index is 0.00382. The van der Waals surface area contributed by atoms with Crippen LogP contribution in [0, 0.1) is 0 Å². The van der Waals surface area contributed by atoms with E-state index in [1.54, 1.807) is 0 Å². The van der Waals surface area contributed by atoms with E-state index in [1.165, 1.54) is 65.6 Å². The minimum atomic E-state index is -0.00382. The smallest absolute Gasteiger partial charge is 0.324 e. The van der Waals surface area contributed by atoms with Crippen molar-refractivity contribution in [2.45, 2.75) is 85.1 Å². The van der Waals surface area contributed by atoms with Crippen LogP contribution in [-0.2, 0) is 19.3 Å². The molecule has 2 amide bonds. The van der Waals surface area contributed by atoms with Gasteiger partial charge in [0.05, 0.1) is 5.52 Å². The van der Waals surface area contributed by atoms with Gasteiger partial charge in [0.1, 0.15) is 0 Å². The lowest BCUT2D eigenvalue weighted by Gasteiger charge is -2.44. The number of hydrogen-bond donors (Lipinski definition) is 1. The van der Waals surface area contributed by atoms with Crippen LogP contribution in [0.25, 0.3) is 10.9 Å². The van der Waals surface area contributed by atoms with Gasteiger partial charge in [0.15, 0.2) is 0 Å². The van der Waals surface area contributed by atoms with Crippen LogP contribution in [0.3, 0.4) is 0 Å². The van der Waals surface area contributed by atoms with Gasteiger partial charge in [-0.3, -0.25) is 9.58 Å². The van der Waals surface area contributed by atoms with E-state index in [2.05, 4.69) is 47.9 Å². The number of rotatable bonds is 7. The Morgan fingerprint density at radius 3 is 2.55 bits per heavy atom. The quantitative estimate of drug-likeness (QED) is 0.656. The summed E-state index contributed by atoms with van der Waals surface area (Å²) in [5, 5.41) is 1.42. The standard InChI is InChI=1S/C26H40N4O/c1-6-13-29-14-11-12-19-20-15-18(7-2)16-24-25(20)21(17-23(19)29)22(8-3)30(24)27-26(31)28(9-4)10-5/h15-16,19,23H,6-14,17H2,1-5H3,(H,27,31)/t19-,23-/m1/s1. The Hall–Kier alpha value is -2.01. The van der Waals surface area contributed by atoms with Crippen LogP contribution in [0.1, 0.15) is 82.2 Å². The Morgan fingerprint density at radius 2 is 1.90 bits per heavy atom. The maximum absolute atomic E-state index is 13.0. The van der Waals surface area contributed by atoms with Crippen LogP contribution in [0.2, 0.25) is 0 Å². The highest BCUT2D eigenvalue weighted by atomic mass is 16.2. The van der Waals surface area contributed by atoms with E-state index >= 15 is 0 Å². The Balaban J connectivity index is 1.87. The van der Waals surface area contributed by atoms with Crippen LogP contribution >= 0.6 is 0 Å². The average molecular weight is 425 g/mol. The van der Waals surface area contributed by atoms with E-state index in [1.807, 2.05) is 18.7 Å². The van der Waals surface area contributed by atoms with Crippen molar-refractivity contribution in [3.05, 3.63) is 34.5 Å². The molecule has 2 atom stereocenters. The van der Waals surface area contributed by atoms with E-state index in [-0.39, 0.29) is 6.03 Å². The molecular formula is C26H40N4O. The fourth-order valence-corrected chi connectivity index (χ4v) is 6.07. The summed E-state index contributed by atoms with van der Waals surface area (Å²) in [5.41, 5.74) is 10.1. The number of carbonyl (C=O) groups excluding carboxylic acids is 1. The zero-order valence-corrected chi connectivity index (χ0v) is 20.1. The predicted molar refractivity (Wildman–Crippen MR) is 130 cm³/mol. The molecule has 1 fully saturated rings. The number of aromatic nitrogens is 1. The molecule has 1 aromatic carbocycles. The van der Waals surface area contributed by atoms with Crippen molar-refractivity contribution in [2.75, 3.05) is 31.6 Å². The molecule has 0 spiro atoms. The zero-order chi connectivity index (χ0) is 22.1. The van der Waals surface area contributed by atoms with Gasteiger partial charge in [0.2, 0.25) is 0 Å². The molecule has 5 heteroatoms. The molecular weight excluding hydrogens is 384 g/mol. The molecule has 170 valence electrons. The number of hydrogen-bond acceptors (Lipinski definition) is 2. The third kappa shape index (κ3) is 3.75. The maximum Gasteiger partial charge on any atom is 0.336 e. The van der Waals surface area contributed by atoms with Crippen LogP contribution in [-0.4, -0.2) is 52.7 Å². The van der Waals surface area contributed by atoms with Crippen molar-refractivity contribution in [3.8, 4) is 0 Å². The number of urea groups is 1. The molecule has 0 unspecified atom stereocenters. The van der Waals surface area contributed by atoms with Gasteiger partial charge in [-0.25, -0.2) is 10.2 Å². The molecule has 1 aliphatic heterocycles.